The quantitative estimate of drug-likeness (QED) is 0.252. The van der Waals surface area contributed by atoms with Crippen molar-refractivity contribution in [3.05, 3.63) is 114 Å². The molecule has 7 nitrogen and oxygen atoms in total. The van der Waals surface area contributed by atoms with Crippen molar-refractivity contribution in [3.8, 4) is 11.1 Å². The summed E-state index contributed by atoms with van der Waals surface area (Å²) in [6, 6.07) is 30.5. The zero-order valence-corrected chi connectivity index (χ0v) is 21.3. The van der Waals surface area contributed by atoms with Crippen molar-refractivity contribution in [2.24, 2.45) is 0 Å². The summed E-state index contributed by atoms with van der Waals surface area (Å²) < 4.78 is 5.42. The lowest BCUT2D eigenvalue weighted by Gasteiger charge is -2.28. The van der Waals surface area contributed by atoms with Crippen LogP contribution in [0.5, 0.6) is 0 Å². The first-order valence-corrected chi connectivity index (χ1v) is 13.0. The van der Waals surface area contributed by atoms with Crippen LogP contribution in [0.2, 0.25) is 0 Å². The normalized spacial score (nSPS) is 13.3. The van der Waals surface area contributed by atoms with Crippen LogP contribution >= 0.6 is 0 Å². The van der Waals surface area contributed by atoms with E-state index in [9.17, 15) is 9.59 Å². The molecule has 5 aromatic rings. The maximum atomic E-state index is 13.0. The van der Waals surface area contributed by atoms with Gasteiger partial charge in [-0.3, -0.25) is 9.59 Å². The number of nitrogens with zero attached hydrogens (tertiary/aromatic N) is 1. The molecule has 0 saturated carbocycles. The third-order valence-electron chi connectivity index (χ3n) is 6.92. The van der Waals surface area contributed by atoms with Crippen LogP contribution in [-0.2, 0) is 4.74 Å². The number of carbonyl (C=O) groups is 2. The molecule has 0 spiro atoms. The zero-order chi connectivity index (χ0) is 26.6. The third kappa shape index (κ3) is 5.54. The average molecular weight is 517 g/mol. The standard InChI is InChI=1S/C32H28N4O3/c37-31(35-28-9-8-23-14-15-33-30(23)21-28)24-6-4-22(5-7-24)25-2-1-3-26(20-25)32(38)34-27-10-12-29(13-11-27)36-16-18-39-19-17-36/h1-15,20-21,33H,16-19H2,(H,34,38)(H,35,37). The van der Waals surface area contributed by atoms with Crippen LogP contribution in [0.4, 0.5) is 17.1 Å². The lowest BCUT2D eigenvalue weighted by Crippen LogP contribution is -2.36. The number of morpholine rings is 1. The Morgan fingerprint density at radius 3 is 2.21 bits per heavy atom. The fourth-order valence-corrected chi connectivity index (χ4v) is 4.76. The van der Waals surface area contributed by atoms with E-state index in [0.29, 0.717) is 11.1 Å². The number of aromatic nitrogens is 1. The van der Waals surface area contributed by atoms with Crippen LogP contribution in [0.25, 0.3) is 22.0 Å². The average Bonchev–Trinajstić information content (AvgIpc) is 3.46. The molecule has 0 bridgehead atoms. The SMILES string of the molecule is O=C(Nc1ccc2cc[nH]c2c1)c1ccc(-c2cccc(C(=O)Nc3ccc(N4CCOCC4)cc3)c2)cc1. The Morgan fingerprint density at radius 2 is 1.41 bits per heavy atom. The first-order valence-electron chi connectivity index (χ1n) is 13.0. The molecule has 1 saturated heterocycles. The molecule has 0 unspecified atom stereocenters. The number of ether oxygens (including phenoxy) is 1. The Kier molecular flexibility index (Phi) is 6.80. The molecule has 194 valence electrons. The summed E-state index contributed by atoms with van der Waals surface area (Å²) >= 11 is 0. The minimum atomic E-state index is -0.180. The number of fused-ring (bicyclic) bond motifs is 1. The Balaban J connectivity index is 1.11. The molecule has 1 fully saturated rings. The highest BCUT2D eigenvalue weighted by Gasteiger charge is 2.13. The van der Waals surface area contributed by atoms with E-state index in [4.69, 9.17) is 4.74 Å². The Hall–Kier alpha value is -4.88. The molecule has 6 rings (SSSR count). The van der Waals surface area contributed by atoms with Gasteiger partial charge in [-0.1, -0.05) is 30.3 Å². The van der Waals surface area contributed by atoms with Gasteiger partial charge in [-0.25, -0.2) is 0 Å². The Bertz CT molecular complexity index is 1620. The van der Waals surface area contributed by atoms with Crippen molar-refractivity contribution in [2.75, 3.05) is 41.8 Å². The van der Waals surface area contributed by atoms with Gasteiger partial charge in [0.2, 0.25) is 0 Å². The lowest BCUT2D eigenvalue weighted by atomic mass is 10.0. The second-order valence-corrected chi connectivity index (χ2v) is 9.49. The van der Waals surface area contributed by atoms with Gasteiger partial charge in [-0.15, -0.1) is 0 Å². The van der Waals surface area contributed by atoms with Gasteiger partial charge in [-0.05, 0) is 83.2 Å². The number of benzene rings is 4. The maximum absolute atomic E-state index is 13.0. The van der Waals surface area contributed by atoms with Crippen LogP contribution in [0.1, 0.15) is 20.7 Å². The van der Waals surface area contributed by atoms with Crippen LogP contribution in [0.3, 0.4) is 0 Å². The van der Waals surface area contributed by atoms with E-state index in [1.807, 2.05) is 85.1 Å². The predicted molar refractivity (Wildman–Crippen MR) is 156 cm³/mol. The third-order valence-corrected chi connectivity index (χ3v) is 6.92. The van der Waals surface area contributed by atoms with E-state index >= 15 is 0 Å². The van der Waals surface area contributed by atoms with E-state index in [-0.39, 0.29) is 11.8 Å². The molecule has 39 heavy (non-hydrogen) atoms. The summed E-state index contributed by atoms with van der Waals surface area (Å²) in [4.78, 5) is 31.2. The summed E-state index contributed by atoms with van der Waals surface area (Å²) in [5.74, 6) is -0.355. The zero-order valence-electron chi connectivity index (χ0n) is 21.3. The topological polar surface area (TPSA) is 86.5 Å². The van der Waals surface area contributed by atoms with Gasteiger partial charge in [0.25, 0.3) is 11.8 Å². The number of carbonyl (C=O) groups excluding carboxylic acids is 2. The summed E-state index contributed by atoms with van der Waals surface area (Å²) in [5.41, 5.74) is 6.50. The van der Waals surface area contributed by atoms with E-state index < -0.39 is 0 Å². The number of anilines is 3. The second kappa shape index (κ2) is 10.8. The molecule has 3 N–H and O–H groups in total. The maximum Gasteiger partial charge on any atom is 0.255 e. The van der Waals surface area contributed by atoms with E-state index in [0.717, 1.165) is 65.4 Å². The Labute approximate surface area is 226 Å². The van der Waals surface area contributed by atoms with Crippen LogP contribution in [-0.4, -0.2) is 43.1 Å². The Morgan fingerprint density at radius 1 is 0.692 bits per heavy atom. The number of amides is 2. The van der Waals surface area contributed by atoms with E-state index in [1.165, 1.54) is 0 Å². The van der Waals surface area contributed by atoms with Crippen molar-refractivity contribution < 1.29 is 14.3 Å². The largest absolute Gasteiger partial charge is 0.378 e. The van der Waals surface area contributed by atoms with Crippen molar-refractivity contribution in [1.29, 1.82) is 0 Å². The van der Waals surface area contributed by atoms with Crippen LogP contribution in [0.15, 0.2) is 103 Å². The predicted octanol–water partition coefficient (Wildman–Crippen LogP) is 6.18. The number of rotatable bonds is 6. The summed E-state index contributed by atoms with van der Waals surface area (Å²) in [6.07, 6.45) is 1.87. The molecular weight excluding hydrogens is 488 g/mol. The molecular formula is C32H28N4O3. The molecule has 1 aliphatic rings. The van der Waals surface area contributed by atoms with Crippen molar-refractivity contribution in [3.63, 3.8) is 0 Å². The molecule has 7 heteroatoms. The summed E-state index contributed by atoms with van der Waals surface area (Å²) in [6.45, 7) is 3.20. The second-order valence-electron chi connectivity index (χ2n) is 9.49. The first-order chi connectivity index (χ1) is 19.1. The summed E-state index contributed by atoms with van der Waals surface area (Å²) in [7, 11) is 0. The highest BCUT2D eigenvalue weighted by molar-refractivity contribution is 6.06. The highest BCUT2D eigenvalue weighted by atomic mass is 16.5. The van der Waals surface area contributed by atoms with Gasteiger partial charge >= 0.3 is 0 Å². The molecule has 4 aromatic carbocycles. The van der Waals surface area contributed by atoms with Gasteiger partial charge in [0, 0.05) is 53.0 Å². The van der Waals surface area contributed by atoms with Gasteiger partial charge in [-0.2, -0.15) is 0 Å². The number of H-pyrrole nitrogens is 1. The lowest BCUT2D eigenvalue weighted by molar-refractivity contribution is 0.101. The molecule has 1 aromatic heterocycles. The monoisotopic (exact) mass is 516 g/mol. The van der Waals surface area contributed by atoms with Crippen LogP contribution in [0, 0.1) is 0 Å². The molecule has 0 atom stereocenters. The van der Waals surface area contributed by atoms with Gasteiger partial charge in [0.1, 0.15) is 0 Å². The number of hydrogen-bond acceptors (Lipinski definition) is 4. The van der Waals surface area contributed by atoms with Gasteiger partial charge < -0.3 is 25.3 Å². The van der Waals surface area contributed by atoms with E-state index in [2.05, 4.69) is 20.5 Å². The summed E-state index contributed by atoms with van der Waals surface area (Å²) in [5, 5.41) is 7.03. The first kappa shape index (κ1) is 24.5. The highest BCUT2D eigenvalue weighted by Crippen LogP contribution is 2.24. The fourth-order valence-electron chi connectivity index (χ4n) is 4.76. The fraction of sp³-hybridized carbons (Fsp3) is 0.125. The number of aromatic amines is 1. The van der Waals surface area contributed by atoms with Gasteiger partial charge in [0.05, 0.1) is 13.2 Å². The minimum Gasteiger partial charge on any atom is -0.378 e. The molecule has 1 aliphatic heterocycles. The van der Waals surface area contributed by atoms with Crippen molar-refractivity contribution in [2.45, 2.75) is 0 Å². The number of nitrogens with one attached hydrogen (secondary N) is 3. The van der Waals surface area contributed by atoms with E-state index in [1.54, 1.807) is 18.2 Å². The molecule has 2 amide bonds. The number of hydrogen-bond donors (Lipinski definition) is 3. The van der Waals surface area contributed by atoms with Crippen LogP contribution < -0.4 is 15.5 Å². The van der Waals surface area contributed by atoms with Gasteiger partial charge in [0.15, 0.2) is 0 Å². The minimum absolute atomic E-state index is 0.175. The molecule has 0 aliphatic carbocycles. The van der Waals surface area contributed by atoms with Crippen molar-refractivity contribution in [1.82, 2.24) is 4.98 Å². The molecule has 2 heterocycles. The van der Waals surface area contributed by atoms with Crippen molar-refractivity contribution >= 4 is 39.8 Å². The smallest absolute Gasteiger partial charge is 0.255 e. The molecule has 0 radical (unpaired) electrons.